The highest BCUT2D eigenvalue weighted by atomic mass is 17.0. The largest absolute Gasteiger partial charge is 0.481 e. The maximum Gasteiger partial charge on any atom is 0.309 e. The average molecular weight is 321 g/mol. The van der Waals surface area contributed by atoms with Crippen LogP contribution < -0.4 is 0 Å². The number of carbonyl (C=O) groups excluding carboxylic acids is 1. The topological polar surface area (TPSA) is 166 Å². The van der Waals surface area contributed by atoms with Gasteiger partial charge in [0.15, 0.2) is 0 Å². The highest BCUT2D eigenvalue weighted by Gasteiger charge is 2.60. The molecule has 22 heavy (non-hydrogen) atoms. The highest BCUT2D eigenvalue weighted by molar-refractivity contribution is 5.74. The average Bonchev–Trinajstić information content (AvgIpc) is 2.92. The summed E-state index contributed by atoms with van der Waals surface area (Å²) in [7, 11) is 0. The van der Waals surface area contributed by atoms with E-state index in [1.807, 2.05) is 0 Å². The highest BCUT2D eigenvalue weighted by Crippen LogP contribution is 2.40. The molecule has 0 radical (unpaired) electrons. The molecule has 2 aliphatic rings. The molecule has 0 bridgehead atoms. The van der Waals surface area contributed by atoms with E-state index in [-0.39, 0.29) is 13.2 Å². The molecule has 1 unspecified atom stereocenters. The van der Waals surface area contributed by atoms with Crippen LogP contribution in [0.2, 0.25) is 0 Å². The number of hydrogen-bond donors (Lipinski definition) is 3. The summed E-state index contributed by atoms with van der Waals surface area (Å²) in [6, 6.07) is 0. The molecule has 2 saturated heterocycles. The van der Waals surface area contributed by atoms with Gasteiger partial charge < -0.3 is 24.8 Å². The summed E-state index contributed by atoms with van der Waals surface area (Å²) in [6.45, 7) is -0.492. The summed E-state index contributed by atoms with van der Waals surface area (Å²) in [5.74, 6) is -4.10. The van der Waals surface area contributed by atoms with Crippen LogP contribution in [-0.2, 0) is 23.9 Å². The van der Waals surface area contributed by atoms with Gasteiger partial charge in [-0.2, -0.15) is 0 Å². The Labute approximate surface area is 123 Å². The molecule has 0 spiro atoms. The van der Waals surface area contributed by atoms with Crippen molar-refractivity contribution in [3.8, 4) is 0 Å². The van der Waals surface area contributed by atoms with Crippen LogP contribution in [0.5, 0.6) is 0 Å². The van der Waals surface area contributed by atoms with E-state index in [2.05, 4.69) is 4.84 Å². The first kappa shape index (κ1) is 16.5. The summed E-state index contributed by atoms with van der Waals surface area (Å²) < 4.78 is 10.4. The lowest BCUT2D eigenvalue weighted by atomic mass is 9.80. The number of carbonyl (C=O) groups is 2. The number of fused-ring (bicyclic) bond motifs is 1. The standard InChI is InChI=1S/C11H15NO10/c13-6-3-20-9-8(6)21-4-11(9,17)5(10(15)16)1-2-7(14)22-12(18)19/h5-6,8-9,13,17H,1-4H2,(H,15,16)/t5?,6-,8+,9-,11+/m0/s1. The number of nitrogens with zero attached hydrogens (tertiary/aromatic N) is 1. The summed E-state index contributed by atoms with van der Waals surface area (Å²) in [5.41, 5.74) is -1.94. The van der Waals surface area contributed by atoms with Crippen molar-refractivity contribution in [2.45, 2.75) is 36.8 Å². The second-order valence-electron chi connectivity index (χ2n) is 5.20. The molecule has 0 aromatic carbocycles. The fourth-order valence-electron chi connectivity index (χ4n) is 2.81. The molecule has 0 aromatic rings. The van der Waals surface area contributed by atoms with E-state index >= 15 is 0 Å². The van der Waals surface area contributed by atoms with Gasteiger partial charge >= 0.3 is 17.0 Å². The van der Waals surface area contributed by atoms with Crippen molar-refractivity contribution < 1.29 is 44.3 Å². The van der Waals surface area contributed by atoms with Gasteiger partial charge in [-0.3, -0.25) is 9.59 Å². The lowest BCUT2D eigenvalue weighted by Gasteiger charge is -2.32. The number of aliphatic hydroxyl groups is 2. The third-order valence-corrected chi connectivity index (χ3v) is 3.84. The number of aliphatic hydroxyl groups excluding tert-OH is 1. The first-order valence-corrected chi connectivity index (χ1v) is 6.47. The summed E-state index contributed by atoms with van der Waals surface area (Å²) in [6.07, 6.45) is -3.84. The quantitative estimate of drug-likeness (QED) is 0.371. The van der Waals surface area contributed by atoms with Crippen LogP contribution in [0.1, 0.15) is 12.8 Å². The molecule has 2 aliphatic heterocycles. The second kappa shape index (κ2) is 6.12. The predicted molar refractivity (Wildman–Crippen MR) is 63.9 cm³/mol. The zero-order valence-corrected chi connectivity index (χ0v) is 11.3. The van der Waals surface area contributed by atoms with E-state index in [1.165, 1.54) is 0 Å². The number of carboxylic acids is 1. The van der Waals surface area contributed by atoms with E-state index in [1.54, 1.807) is 0 Å². The van der Waals surface area contributed by atoms with E-state index in [4.69, 9.17) is 9.47 Å². The van der Waals surface area contributed by atoms with Gasteiger partial charge in [-0.25, -0.2) is 4.84 Å². The third kappa shape index (κ3) is 3.02. The van der Waals surface area contributed by atoms with Crippen LogP contribution in [-0.4, -0.2) is 69.5 Å². The Morgan fingerprint density at radius 2 is 2.14 bits per heavy atom. The van der Waals surface area contributed by atoms with Crippen molar-refractivity contribution in [3.63, 3.8) is 0 Å². The number of aliphatic carboxylic acids is 1. The molecule has 3 N–H and O–H groups in total. The zero-order valence-electron chi connectivity index (χ0n) is 11.3. The third-order valence-electron chi connectivity index (χ3n) is 3.84. The van der Waals surface area contributed by atoms with Gasteiger partial charge in [-0.15, -0.1) is 10.1 Å². The molecule has 2 rings (SSSR count). The molecular formula is C11H15NO10. The van der Waals surface area contributed by atoms with Crippen molar-refractivity contribution in [3.05, 3.63) is 10.1 Å². The van der Waals surface area contributed by atoms with Crippen molar-refractivity contribution >= 4 is 11.9 Å². The Bertz CT molecular complexity index is 481. The smallest absolute Gasteiger partial charge is 0.309 e. The van der Waals surface area contributed by atoms with Crippen molar-refractivity contribution in [1.29, 1.82) is 0 Å². The summed E-state index contributed by atoms with van der Waals surface area (Å²) >= 11 is 0. The van der Waals surface area contributed by atoms with Crippen LogP contribution >= 0.6 is 0 Å². The molecule has 0 aliphatic carbocycles. The van der Waals surface area contributed by atoms with Crippen LogP contribution in [0.25, 0.3) is 0 Å². The normalized spacial score (nSPS) is 34.9. The number of hydrogen-bond acceptors (Lipinski definition) is 9. The molecule has 0 saturated carbocycles. The molecule has 124 valence electrons. The molecule has 2 fully saturated rings. The number of rotatable bonds is 6. The van der Waals surface area contributed by atoms with Crippen molar-refractivity contribution in [2.75, 3.05) is 13.2 Å². The Balaban J connectivity index is 2.06. The molecule has 0 amide bonds. The first-order valence-electron chi connectivity index (χ1n) is 6.47. The number of ether oxygens (including phenoxy) is 2. The van der Waals surface area contributed by atoms with Gasteiger partial charge in [0.25, 0.3) is 0 Å². The van der Waals surface area contributed by atoms with Gasteiger partial charge in [0, 0.05) is 6.42 Å². The van der Waals surface area contributed by atoms with Crippen LogP contribution in [0.15, 0.2) is 0 Å². The van der Waals surface area contributed by atoms with Crippen molar-refractivity contribution in [1.82, 2.24) is 0 Å². The molecule has 0 aromatic heterocycles. The van der Waals surface area contributed by atoms with Gasteiger partial charge in [0.1, 0.15) is 23.9 Å². The fourth-order valence-corrected chi connectivity index (χ4v) is 2.81. The summed E-state index contributed by atoms with van der Waals surface area (Å²) in [4.78, 5) is 36.2. The van der Waals surface area contributed by atoms with Crippen molar-refractivity contribution in [2.24, 2.45) is 5.92 Å². The Morgan fingerprint density at radius 1 is 1.45 bits per heavy atom. The SMILES string of the molecule is O=C(CCC(C(=O)O)[C@]1(O)CO[C@@H]2[C@@H](O)CO[C@@H]21)O[N+](=O)[O-]. The maximum atomic E-state index is 11.4. The molecule has 2 heterocycles. The minimum atomic E-state index is -1.94. The molecule has 11 nitrogen and oxygen atoms in total. The Hall–Kier alpha value is -1.82. The fraction of sp³-hybridized carbons (Fsp3) is 0.818. The van der Waals surface area contributed by atoms with Crippen LogP contribution in [0, 0.1) is 16.0 Å². The zero-order chi connectivity index (χ0) is 16.5. The lowest BCUT2D eigenvalue weighted by Crippen LogP contribution is -2.52. The first-order chi connectivity index (χ1) is 10.3. The predicted octanol–water partition coefficient (Wildman–Crippen LogP) is -1.91. The Kier molecular flexibility index (Phi) is 4.60. The molecule has 11 heteroatoms. The molecule has 5 atom stereocenters. The monoisotopic (exact) mass is 321 g/mol. The van der Waals surface area contributed by atoms with Gasteiger partial charge in [0.05, 0.1) is 19.1 Å². The van der Waals surface area contributed by atoms with Gasteiger partial charge in [-0.05, 0) is 6.42 Å². The number of carboxylic acid groups (broad SMARTS) is 1. The maximum absolute atomic E-state index is 11.4. The van der Waals surface area contributed by atoms with Gasteiger partial charge in [0.2, 0.25) is 0 Å². The van der Waals surface area contributed by atoms with Crippen LogP contribution in [0.3, 0.4) is 0 Å². The van der Waals surface area contributed by atoms with E-state index in [0.29, 0.717) is 0 Å². The lowest BCUT2D eigenvalue weighted by molar-refractivity contribution is -0.729. The minimum Gasteiger partial charge on any atom is -0.481 e. The van der Waals surface area contributed by atoms with E-state index in [0.717, 1.165) is 0 Å². The molecular weight excluding hydrogens is 306 g/mol. The minimum absolute atomic E-state index is 0.104. The Morgan fingerprint density at radius 3 is 2.73 bits per heavy atom. The van der Waals surface area contributed by atoms with Gasteiger partial charge in [-0.1, -0.05) is 0 Å². The van der Waals surface area contributed by atoms with E-state index < -0.39 is 59.7 Å². The van der Waals surface area contributed by atoms with E-state index in [9.17, 15) is 35.0 Å². The summed E-state index contributed by atoms with van der Waals surface area (Å²) in [5, 5.41) is 38.2. The second-order valence-corrected chi connectivity index (χ2v) is 5.20. The van der Waals surface area contributed by atoms with Crippen LogP contribution in [0.4, 0.5) is 0 Å².